The van der Waals surface area contributed by atoms with Gasteiger partial charge in [0.1, 0.15) is 0 Å². The van der Waals surface area contributed by atoms with E-state index in [0.717, 1.165) is 6.42 Å². The van der Waals surface area contributed by atoms with Crippen LogP contribution in [0.1, 0.15) is 43.7 Å². The first-order chi connectivity index (χ1) is 14.7. The van der Waals surface area contributed by atoms with Gasteiger partial charge in [-0.05, 0) is 48.7 Å². The fourth-order valence-corrected chi connectivity index (χ4v) is 10.6. The average Bonchev–Trinajstić information content (AvgIpc) is 3.22. The highest BCUT2D eigenvalue weighted by Gasteiger charge is 2.44. The molecule has 0 fully saturated rings. The highest BCUT2D eigenvalue weighted by atomic mass is 28.3. The summed E-state index contributed by atoms with van der Waals surface area (Å²) in [7, 11) is -2.35. The van der Waals surface area contributed by atoms with Crippen molar-refractivity contribution in [3.8, 4) is 0 Å². The molecule has 0 aromatic heterocycles. The summed E-state index contributed by atoms with van der Waals surface area (Å²) >= 11 is 0. The molecule has 0 saturated carbocycles. The number of hydrogen-bond acceptors (Lipinski definition) is 0. The summed E-state index contributed by atoms with van der Waals surface area (Å²) in [5.41, 5.74) is 4.29. The predicted octanol–water partition coefficient (Wildman–Crippen LogP) is 5.76. The molecule has 0 aliphatic heterocycles. The zero-order valence-corrected chi connectivity index (χ0v) is 19.5. The lowest BCUT2D eigenvalue weighted by molar-refractivity contribution is 0.797. The largest absolute Gasteiger partial charge is 0.176 e. The Kier molecular flexibility index (Phi) is 6.20. The lowest BCUT2D eigenvalue weighted by Crippen LogP contribution is -2.68. The van der Waals surface area contributed by atoms with Crippen molar-refractivity contribution in [3.63, 3.8) is 0 Å². The third kappa shape index (κ3) is 3.75. The minimum atomic E-state index is -2.35. The third-order valence-electron chi connectivity index (χ3n) is 6.35. The van der Waals surface area contributed by atoms with Crippen LogP contribution in [0.2, 0.25) is 0 Å². The number of unbranched alkanes of at least 4 members (excludes halogenated alkanes) is 1. The van der Waals surface area contributed by atoms with E-state index in [2.05, 4.69) is 112 Å². The zero-order chi connectivity index (χ0) is 21.0. The lowest BCUT2D eigenvalue weighted by atomic mass is 10.1. The van der Waals surface area contributed by atoms with E-state index >= 15 is 0 Å². The SMILES string of the molecule is CCCCC1=C([Si](c2ccccc2)(c2ccccc2)c2cc(C)cc(C)c2)CC=C1. The van der Waals surface area contributed by atoms with Crippen molar-refractivity contribution in [3.05, 3.63) is 113 Å². The molecule has 3 aromatic rings. The minimum Gasteiger partial charge on any atom is -0.0805 e. The molecule has 1 aliphatic rings. The number of allylic oxidation sites excluding steroid dienone is 4. The van der Waals surface area contributed by atoms with Gasteiger partial charge in [-0.2, -0.15) is 0 Å². The van der Waals surface area contributed by atoms with Crippen molar-refractivity contribution in [1.29, 1.82) is 0 Å². The van der Waals surface area contributed by atoms with Gasteiger partial charge < -0.3 is 0 Å². The Bertz CT molecular complexity index is 998. The van der Waals surface area contributed by atoms with Crippen LogP contribution in [0.4, 0.5) is 0 Å². The van der Waals surface area contributed by atoms with E-state index in [9.17, 15) is 0 Å². The molecular weight excluding hydrogens is 376 g/mol. The Hall–Kier alpha value is -2.64. The molecule has 3 aromatic carbocycles. The summed E-state index contributed by atoms with van der Waals surface area (Å²) in [5.74, 6) is 0. The Labute approximate surface area is 183 Å². The Balaban J connectivity index is 2.10. The van der Waals surface area contributed by atoms with Gasteiger partial charge in [0.05, 0.1) is 0 Å². The third-order valence-corrected chi connectivity index (χ3v) is 11.3. The molecule has 1 aliphatic carbocycles. The molecule has 4 rings (SSSR count). The Morgan fingerprint density at radius 3 is 1.83 bits per heavy atom. The fourth-order valence-electron chi connectivity index (χ4n) is 5.14. The van der Waals surface area contributed by atoms with Crippen molar-refractivity contribution >= 4 is 23.6 Å². The van der Waals surface area contributed by atoms with Gasteiger partial charge in [-0.25, -0.2) is 0 Å². The maximum absolute atomic E-state index is 2.46. The van der Waals surface area contributed by atoms with E-state index in [-0.39, 0.29) is 0 Å². The zero-order valence-electron chi connectivity index (χ0n) is 18.5. The molecule has 152 valence electrons. The second-order valence-corrected chi connectivity index (χ2v) is 12.4. The highest BCUT2D eigenvalue weighted by Crippen LogP contribution is 2.31. The van der Waals surface area contributed by atoms with Crippen LogP contribution in [0.25, 0.3) is 0 Å². The summed E-state index contributed by atoms with van der Waals surface area (Å²) in [6.07, 6.45) is 9.56. The maximum atomic E-state index is 2.46. The van der Waals surface area contributed by atoms with Crippen molar-refractivity contribution in [2.75, 3.05) is 0 Å². The van der Waals surface area contributed by atoms with E-state index in [1.807, 2.05) is 0 Å². The summed E-state index contributed by atoms with van der Waals surface area (Å²) in [6, 6.07) is 29.9. The van der Waals surface area contributed by atoms with Gasteiger partial charge in [0.2, 0.25) is 0 Å². The molecule has 0 amide bonds. The summed E-state index contributed by atoms with van der Waals surface area (Å²) in [6.45, 7) is 6.78. The molecule has 0 heterocycles. The standard InChI is InChI=1S/C29H32Si/c1-4-5-13-25-14-12-19-29(25)30(26-15-8-6-9-16-26,27-17-10-7-11-18-27)28-21-23(2)20-24(3)22-28/h6-12,14-18,20-22H,4-5,13,19H2,1-3H3. The highest BCUT2D eigenvalue weighted by molar-refractivity contribution is 7.16. The van der Waals surface area contributed by atoms with Crippen LogP contribution in [0, 0.1) is 13.8 Å². The number of benzene rings is 3. The molecule has 0 atom stereocenters. The number of hydrogen-bond donors (Lipinski definition) is 0. The first-order valence-electron chi connectivity index (χ1n) is 11.2. The van der Waals surface area contributed by atoms with E-state index in [4.69, 9.17) is 0 Å². The van der Waals surface area contributed by atoms with Crippen molar-refractivity contribution in [2.24, 2.45) is 0 Å². The van der Waals surface area contributed by atoms with E-state index in [1.54, 1.807) is 10.8 Å². The maximum Gasteiger partial charge on any atom is 0.176 e. The first kappa shape index (κ1) is 20.6. The minimum absolute atomic E-state index is 1.07. The molecule has 0 bridgehead atoms. The van der Waals surface area contributed by atoms with Crippen molar-refractivity contribution < 1.29 is 0 Å². The monoisotopic (exact) mass is 408 g/mol. The molecule has 0 N–H and O–H groups in total. The summed E-state index contributed by atoms with van der Waals surface area (Å²) < 4.78 is 0. The number of aryl methyl sites for hydroxylation is 2. The molecule has 0 spiro atoms. The van der Waals surface area contributed by atoms with E-state index in [1.165, 1.54) is 45.9 Å². The van der Waals surface area contributed by atoms with Crippen LogP contribution in [-0.4, -0.2) is 8.07 Å². The van der Waals surface area contributed by atoms with Crippen LogP contribution in [0.15, 0.2) is 102 Å². The second-order valence-electron chi connectivity index (χ2n) is 8.57. The van der Waals surface area contributed by atoms with Gasteiger partial charge in [-0.1, -0.05) is 126 Å². The van der Waals surface area contributed by atoms with Crippen LogP contribution in [0.3, 0.4) is 0 Å². The van der Waals surface area contributed by atoms with Crippen molar-refractivity contribution in [1.82, 2.24) is 0 Å². The van der Waals surface area contributed by atoms with Gasteiger partial charge in [-0.15, -0.1) is 0 Å². The molecule has 0 unspecified atom stereocenters. The summed E-state index contributed by atoms with van der Waals surface area (Å²) in [5, 5.41) is 6.19. The normalized spacial score (nSPS) is 13.8. The predicted molar refractivity (Wildman–Crippen MR) is 134 cm³/mol. The summed E-state index contributed by atoms with van der Waals surface area (Å²) in [4.78, 5) is 0. The van der Waals surface area contributed by atoms with Crippen LogP contribution in [-0.2, 0) is 0 Å². The van der Waals surface area contributed by atoms with Crippen molar-refractivity contribution in [2.45, 2.75) is 46.5 Å². The smallest absolute Gasteiger partial charge is 0.0805 e. The molecule has 0 nitrogen and oxygen atoms in total. The molecule has 1 heteroatoms. The van der Waals surface area contributed by atoms with E-state index < -0.39 is 8.07 Å². The quantitative estimate of drug-likeness (QED) is 0.344. The van der Waals surface area contributed by atoms with Gasteiger partial charge in [0, 0.05) is 0 Å². The molecule has 30 heavy (non-hydrogen) atoms. The Morgan fingerprint density at radius 1 is 0.733 bits per heavy atom. The van der Waals surface area contributed by atoms with Crippen LogP contribution < -0.4 is 15.6 Å². The fraction of sp³-hybridized carbons (Fsp3) is 0.241. The molecule has 0 saturated heterocycles. The van der Waals surface area contributed by atoms with Gasteiger partial charge >= 0.3 is 0 Å². The van der Waals surface area contributed by atoms with Gasteiger partial charge in [-0.3, -0.25) is 0 Å². The average molecular weight is 409 g/mol. The van der Waals surface area contributed by atoms with Crippen LogP contribution in [0.5, 0.6) is 0 Å². The lowest BCUT2D eigenvalue weighted by Gasteiger charge is -2.37. The topological polar surface area (TPSA) is 0 Å². The molecular formula is C29H32Si. The second kappa shape index (κ2) is 9.02. The number of rotatable bonds is 7. The van der Waals surface area contributed by atoms with Gasteiger partial charge in [0.25, 0.3) is 0 Å². The molecule has 0 radical (unpaired) electrons. The van der Waals surface area contributed by atoms with Crippen LogP contribution >= 0.6 is 0 Å². The van der Waals surface area contributed by atoms with E-state index in [0.29, 0.717) is 0 Å². The Morgan fingerprint density at radius 2 is 1.30 bits per heavy atom. The first-order valence-corrected chi connectivity index (χ1v) is 13.2. The van der Waals surface area contributed by atoms with Gasteiger partial charge in [0.15, 0.2) is 8.07 Å².